The van der Waals surface area contributed by atoms with Crippen molar-refractivity contribution in [2.45, 2.75) is 65.9 Å². The smallest absolute Gasteiger partial charge is 0.410 e. The molecule has 8 heteroatoms. The summed E-state index contributed by atoms with van der Waals surface area (Å²) in [6.07, 6.45) is 3.25. The van der Waals surface area contributed by atoms with Gasteiger partial charge >= 0.3 is 6.09 Å². The standard InChI is InChI=1S/C23H32N4O3S/c1-22(2,3)20(28)26-18-8-7-16(13-24-18)19-25-17(14-31-19)15-9-11-27(12-10-15)21(29)30-23(4,5)6/h7-8,13-15H,9-12H2,1-6H3,(H,24,26,28). The molecule has 0 saturated carbocycles. The van der Waals surface area contributed by atoms with Crippen molar-refractivity contribution >= 4 is 29.2 Å². The second-order valence-corrected chi connectivity index (χ2v) is 10.8. The SMILES string of the molecule is CC(C)(C)OC(=O)N1CCC(c2csc(-c3ccc(NC(=O)C(C)(C)C)nc3)n2)CC1. The zero-order chi connectivity index (χ0) is 22.8. The highest BCUT2D eigenvalue weighted by Crippen LogP contribution is 2.33. The number of nitrogens with one attached hydrogen (secondary N) is 1. The summed E-state index contributed by atoms with van der Waals surface area (Å²) in [5.41, 5.74) is 1.05. The van der Waals surface area contributed by atoms with Gasteiger partial charge in [0.1, 0.15) is 16.4 Å². The Morgan fingerprint density at radius 3 is 2.35 bits per heavy atom. The topological polar surface area (TPSA) is 84.4 Å². The third-order valence-corrected chi connectivity index (χ3v) is 5.93. The van der Waals surface area contributed by atoms with Crippen LogP contribution in [0.1, 0.15) is 66.0 Å². The van der Waals surface area contributed by atoms with Crippen LogP contribution in [0.2, 0.25) is 0 Å². The molecule has 2 aromatic heterocycles. The maximum Gasteiger partial charge on any atom is 0.410 e. The number of thiazole rings is 1. The monoisotopic (exact) mass is 444 g/mol. The van der Waals surface area contributed by atoms with Gasteiger partial charge in [0, 0.05) is 41.6 Å². The zero-order valence-corrected chi connectivity index (χ0v) is 20.0. The molecule has 1 N–H and O–H groups in total. The van der Waals surface area contributed by atoms with Crippen LogP contribution in [0.5, 0.6) is 0 Å². The van der Waals surface area contributed by atoms with E-state index >= 15 is 0 Å². The van der Waals surface area contributed by atoms with Crippen molar-refractivity contribution in [3.8, 4) is 10.6 Å². The molecule has 3 rings (SSSR count). The number of amides is 2. The van der Waals surface area contributed by atoms with Crippen molar-refractivity contribution in [1.29, 1.82) is 0 Å². The van der Waals surface area contributed by atoms with E-state index in [1.807, 2.05) is 47.6 Å². The highest BCUT2D eigenvalue weighted by Gasteiger charge is 2.28. The molecular weight excluding hydrogens is 412 g/mol. The molecule has 2 aromatic rings. The lowest BCUT2D eigenvalue weighted by Gasteiger charge is -2.32. The van der Waals surface area contributed by atoms with Gasteiger partial charge in [-0.3, -0.25) is 4.79 Å². The minimum absolute atomic E-state index is 0.0676. The number of hydrogen-bond donors (Lipinski definition) is 1. The molecule has 0 spiro atoms. The minimum Gasteiger partial charge on any atom is -0.444 e. The van der Waals surface area contributed by atoms with Crippen molar-refractivity contribution < 1.29 is 14.3 Å². The van der Waals surface area contributed by atoms with Gasteiger partial charge in [-0.1, -0.05) is 20.8 Å². The molecule has 7 nitrogen and oxygen atoms in total. The fourth-order valence-electron chi connectivity index (χ4n) is 3.19. The van der Waals surface area contributed by atoms with E-state index in [9.17, 15) is 9.59 Å². The molecule has 1 aliphatic heterocycles. The van der Waals surface area contributed by atoms with Crippen molar-refractivity contribution in [3.05, 3.63) is 29.4 Å². The second-order valence-electron chi connectivity index (χ2n) is 9.96. The van der Waals surface area contributed by atoms with Gasteiger partial charge in [0.25, 0.3) is 0 Å². The quantitative estimate of drug-likeness (QED) is 0.694. The second kappa shape index (κ2) is 8.94. The van der Waals surface area contributed by atoms with Gasteiger partial charge < -0.3 is 15.0 Å². The molecule has 0 radical (unpaired) electrons. The zero-order valence-electron chi connectivity index (χ0n) is 19.2. The summed E-state index contributed by atoms with van der Waals surface area (Å²) in [4.78, 5) is 35.3. The Morgan fingerprint density at radius 1 is 1.13 bits per heavy atom. The molecule has 0 unspecified atom stereocenters. The third-order valence-electron chi connectivity index (χ3n) is 5.02. The lowest BCUT2D eigenvalue weighted by molar-refractivity contribution is -0.123. The van der Waals surface area contributed by atoms with Crippen LogP contribution < -0.4 is 5.32 Å². The number of pyridine rings is 1. The van der Waals surface area contributed by atoms with Gasteiger partial charge in [0.05, 0.1) is 5.69 Å². The third kappa shape index (κ3) is 6.26. The van der Waals surface area contributed by atoms with Crippen molar-refractivity contribution in [2.24, 2.45) is 5.41 Å². The molecule has 1 saturated heterocycles. The number of likely N-dealkylation sites (tertiary alicyclic amines) is 1. The first-order valence-electron chi connectivity index (χ1n) is 10.6. The predicted octanol–water partition coefficient (Wildman–Crippen LogP) is 5.30. The molecule has 1 aliphatic rings. The first-order valence-corrected chi connectivity index (χ1v) is 11.5. The minimum atomic E-state index is -0.475. The van der Waals surface area contributed by atoms with E-state index in [0.29, 0.717) is 24.8 Å². The molecule has 1 fully saturated rings. The summed E-state index contributed by atoms with van der Waals surface area (Å²) in [6.45, 7) is 12.6. The van der Waals surface area contributed by atoms with Gasteiger partial charge in [0.2, 0.25) is 5.91 Å². The van der Waals surface area contributed by atoms with Gasteiger partial charge in [0.15, 0.2) is 0 Å². The van der Waals surface area contributed by atoms with Crippen molar-refractivity contribution in [1.82, 2.24) is 14.9 Å². The van der Waals surface area contributed by atoms with Gasteiger partial charge in [-0.25, -0.2) is 14.8 Å². The Kier molecular flexibility index (Phi) is 6.69. The maximum atomic E-state index is 12.3. The average Bonchev–Trinajstić information content (AvgIpc) is 3.17. The Labute approximate surface area is 188 Å². The van der Waals surface area contributed by atoms with E-state index in [-0.39, 0.29) is 12.0 Å². The maximum absolute atomic E-state index is 12.3. The lowest BCUT2D eigenvalue weighted by Crippen LogP contribution is -2.41. The summed E-state index contributed by atoms with van der Waals surface area (Å²) in [5.74, 6) is 0.805. The predicted molar refractivity (Wildman–Crippen MR) is 123 cm³/mol. The molecule has 0 aromatic carbocycles. The van der Waals surface area contributed by atoms with Crippen LogP contribution in [0.15, 0.2) is 23.7 Å². The molecule has 168 valence electrons. The molecular formula is C23H32N4O3S. The normalized spacial score (nSPS) is 15.6. The van der Waals surface area contributed by atoms with Crippen LogP contribution in [0.25, 0.3) is 10.6 Å². The summed E-state index contributed by atoms with van der Waals surface area (Å²) in [7, 11) is 0. The van der Waals surface area contributed by atoms with Crippen molar-refractivity contribution in [3.63, 3.8) is 0 Å². The number of carbonyl (C=O) groups excluding carboxylic acids is 2. The fraction of sp³-hybridized carbons (Fsp3) is 0.565. The molecule has 3 heterocycles. The number of rotatable bonds is 3. The summed E-state index contributed by atoms with van der Waals surface area (Å²) >= 11 is 1.59. The average molecular weight is 445 g/mol. The number of nitrogens with zero attached hydrogens (tertiary/aromatic N) is 3. The molecule has 0 bridgehead atoms. The van der Waals surface area contributed by atoms with E-state index in [2.05, 4.69) is 15.7 Å². The summed E-state index contributed by atoms with van der Waals surface area (Å²) < 4.78 is 5.47. The van der Waals surface area contributed by atoms with Crippen LogP contribution >= 0.6 is 11.3 Å². The lowest BCUT2D eigenvalue weighted by atomic mass is 9.94. The number of piperidine rings is 1. The van der Waals surface area contributed by atoms with E-state index in [1.54, 1.807) is 28.5 Å². The first kappa shape index (κ1) is 23.2. The number of ether oxygens (including phenoxy) is 1. The molecule has 2 amide bonds. The highest BCUT2D eigenvalue weighted by atomic mass is 32.1. The van der Waals surface area contributed by atoms with Crippen LogP contribution in [0, 0.1) is 5.41 Å². The van der Waals surface area contributed by atoms with Crippen LogP contribution in [0.4, 0.5) is 10.6 Å². The Morgan fingerprint density at radius 2 is 1.81 bits per heavy atom. The van der Waals surface area contributed by atoms with Crippen LogP contribution in [0.3, 0.4) is 0 Å². The Balaban J connectivity index is 1.58. The number of hydrogen-bond acceptors (Lipinski definition) is 6. The van der Waals surface area contributed by atoms with E-state index in [4.69, 9.17) is 9.72 Å². The van der Waals surface area contributed by atoms with E-state index in [0.717, 1.165) is 29.1 Å². The largest absolute Gasteiger partial charge is 0.444 e. The Bertz CT molecular complexity index is 918. The molecule has 0 atom stereocenters. The Hall–Kier alpha value is -2.48. The van der Waals surface area contributed by atoms with Gasteiger partial charge in [-0.05, 0) is 45.7 Å². The highest BCUT2D eigenvalue weighted by molar-refractivity contribution is 7.13. The number of anilines is 1. The van der Waals surface area contributed by atoms with Crippen LogP contribution in [-0.4, -0.2) is 45.6 Å². The van der Waals surface area contributed by atoms with Gasteiger partial charge in [-0.2, -0.15) is 0 Å². The van der Waals surface area contributed by atoms with Gasteiger partial charge in [-0.15, -0.1) is 11.3 Å². The number of aromatic nitrogens is 2. The van der Waals surface area contributed by atoms with E-state index in [1.165, 1.54) is 0 Å². The molecule has 0 aliphatic carbocycles. The summed E-state index contributed by atoms with van der Waals surface area (Å²) in [6, 6.07) is 3.73. The fourth-order valence-corrected chi connectivity index (χ4v) is 4.08. The van der Waals surface area contributed by atoms with Crippen LogP contribution in [-0.2, 0) is 9.53 Å². The van der Waals surface area contributed by atoms with Crippen molar-refractivity contribution in [2.75, 3.05) is 18.4 Å². The number of carbonyl (C=O) groups is 2. The van der Waals surface area contributed by atoms with E-state index < -0.39 is 11.0 Å². The summed E-state index contributed by atoms with van der Waals surface area (Å²) in [5, 5.41) is 5.84. The molecule has 31 heavy (non-hydrogen) atoms. The first-order chi connectivity index (χ1) is 14.4.